The van der Waals surface area contributed by atoms with E-state index < -0.39 is 0 Å². The van der Waals surface area contributed by atoms with E-state index in [2.05, 4.69) is 0 Å². The molecule has 1 aromatic carbocycles. The Morgan fingerprint density at radius 2 is 2.15 bits per heavy atom. The smallest absolute Gasteiger partial charge is 0.156 e. The average Bonchev–Trinajstić information content (AvgIpc) is 2.08. The minimum atomic E-state index is -0.187. The van der Waals surface area contributed by atoms with Gasteiger partial charge in [-0.2, -0.15) is 0 Å². The van der Waals surface area contributed by atoms with Crippen LogP contribution in [0.25, 0.3) is 0 Å². The summed E-state index contributed by atoms with van der Waals surface area (Å²) in [7, 11) is 0. The van der Waals surface area contributed by atoms with Gasteiger partial charge in [0.15, 0.2) is 5.05 Å². The Labute approximate surface area is 82.5 Å². The summed E-state index contributed by atoms with van der Waals surface area (Å²) in [6, 6.07) is 6.67. The van der Waals surface area contributed by atoms with E-state index in [0.29, 0.717) is 23.6 Å². The molecule has 0 heterocycles. The van der Waals surface area contributed by atoms with Crippen LogP contribution < -0.4 is 0 Å². The van der Waals surface area contributed by atoms with Crippen LogP contribution in [-0.2, 0) is 11.2 Å². The van der Waals surface area contributed by atoms with Gasteiger partial charge in [-0.3, -0.25) is 0 Å². The number of hydrogen-bond acceptors (Lipinski definition) is 2. The van der Waals surface area contributed by atoms with E-state index in [-0.39, 0.29) is 5.82 Å². The van der Waals surface area contributed by atoms with Crippen LogP contribution in [0, 0.1) is 5.82 Å². The summed E-state index contributed by atoms with van der Waals surface area (Å²) in [6.07, 6.45) is 0.556. The first-order chi connectivity index (χ1) is 6.20. The Bertz CT molecular complexity index is 299. The summed E-state index contributed by atoms with van der Waals surface area (Å²) >= 11 is 4.73. The highest BCUT2D eigenvalue weighted by atomic mass is 32.1. The van der Waals surface area contributed by atoms with Crippen LogP contribution >= 0.6 is 12.2 Å². The fourth-order valence-corrected chi connectivity index (χ4v) is 1.09. The van der Waals surface area contributed by atoms with E-state index in [0.717, 1.165) is 0 Å². The van der Waals surface area contributed by atoms with Gasteiger partial charge in [0, 0.05) is 13.3 Å². The lowest BCUT2D eigenvalue weighted by molar-refractivity contribution is 0.313. The summed E-state index contributed by atoms with van der Waals surface area (Å²) in [5.41, 5.74) is 0.666. The van der Waals surface area contributed by atoms with Crippen LogP contribution in [-0.4, -0.2) is 11.7 Å². The van der Waals surface area contributed by atoms with Crippen molar-refractivity contribution in [1.29, 1.82) is 0 Å². The lowest BCUT2D eigenvalue weighted by Crippen LogP contribution is -2.02. The molecule has 0 spiro atoms. The molecule has 0 aliphatic rings. The third kappa shape index (κ3) is 3.51. The van der Waals surface area contributed by atoms with Gasteiger partial charge in [-0.15, -0.1) is 0 Å². The number of benzene rings is 1. The lowest BCUT2D eigenvalue weighted by Gasteiger charge is -2.04. The van der Waals surface area contributed by atoms with Gasteiger partial charge in [-0.05, 0) is 23.8 Å². The van der Waals surface area contributed by atoms with Crippen molar-refractivity contribution in [1.82, 2.24) is 0 Å². The van der Waals surface area contributed by atoms with Gasteiger partial charge in [0.1, 0.15) is 5.82 Å². The molecule has 0 N–H and O–H groups in total. The van der Waals surface area contributed by atoms with Gasteiger partial charge >= 0.3 is 0 Å². The Morgan fingerprint density at radius 1 is 1.46 bits per heavy atom. The monoisotopic (exact) mass is 198 g/mol. The van der Waals surface area contributed by atoms with Crippen molar-refractivity contribution in [3.05, 3.63) is 35.6 Å². The molecular weight excluding hydrogens is 187 g/mol. The largest absolute Gasteiger partial charge is 0.487 e. The number of halogens is 1. The third-order valence-electron chi connectivity index (χ3n) is 1.63. The van der Waals surface area contributed by atoms with Crippen LogP contribution in [0.3, 0.4) is 0 Å². The molecule has 0 aromatic heterocycles. The number of hydrogen-bond donors (Lipinski definition) is 0. The van der Waals surface area contributed by atoms with Crippen LogP contribution in [0.4, 0.5) is 4.39 Å². The first-order valence-corrected chi connectivity index (χ1v) is 4.48. The molecule has 13 heavy (non-hydrogen) atoms. The van der Waals surface area contributed by atoms with Gasteiger partial charge in [0.2, 0.25) is 0 Å². The van der Waals surface area contributed by atoms with Gasteiger partial charge in [-0.25, -0.2) is 4.39 Å². The zero-order chi connectivity index (χ0) is 9.68. The molecule has 0 aliphatic carbocycles. The highest BCUT2D eigenvalue weighted by molar-refractivity contribution is 7.80. The number of rotatable bonds is 3. The maximum absolute atomic E-state index is 13.0. The summed E-state index contributed by atoms with van der Waals surface area (Å²) < 4.78 is 18.1. The maximum Gasteiger partial charge on any atom is 0.156 e. The zero-order valence-corrected chi connectivity index (χ0v) is 8.23. The first kappa shape index (κ1) is 10.1. The van der Waals surface area contributed by atoms with E-state index in [4.69, 9.17) is 17.0 Å². The molecule has 0 unspecified atom stereocenters. The van der Waals surface area contributed by atoms with Crippen molar-refractivity contribution in [2.24, 2.45) is 0 Å². The van der Waals surface area contributed by atoms with Crippen LogP contribution in [0.15, 0.2) is 24.3 Å². The zero-order valence-electron chi connectivity index (χ0n) is 7.42. The Hall–Kier alpha value is -0.960. The molecular formula is C10H11FOS. The van der Waals surface area contributed by atoms with E-state index in [1.165, 1.54) is 6.07 Å². The average molecular weight is 198 g/mol. The van der Waals surface area contributed by atoms with Crippen molar-refractivity contribution in [2.45, 2.75) is 13.3 Å². The summed E-state index contributed by atoms with van der Waals surface area (Å²) in [5, 5.41) is 0.497. The summed E-state index contributed by atoms with van der Waals surface area (Å²) in [6.45, 7) is 2.15. The highest BCUT2D eigenvalue weighted by Crippen LogP contribution is 2.06. The molecule has 0 aliphatic heterocycles. The topological polar surface area (TPSA) is 9.23 Å². The van der Waals surface area contributed by atoms with Gasteiger partial charge in [0.25, 0.3) is 0 Å². The van der Waals surface area contributed by atoms with Crippen molar-refractivity contribution in [2.75, 3.05) is 6.61 Å². The number of ether oxygens (including phenoxy) is 1. The molecule has 1 aromatic rings. The van der Waals surface area contributed by atoms with E-state index in [1.807, 2.05) is 6.07 Å². The molecule has 1 rings (SSSR count). The summed E-state index contributed by atoms with van der Waals surface area (Å²) in [4.78, 5) is 0. The third-order valence-corrected chi connectivity index (χ3v) is 1.75. The second-order valence-electron chi connectivity index (χ2n) is 2.68. The van der Waals surface area contributed by atoms with Crippen LogP contribution in [0.5, 0.6) is 0 Å². The molecule has 3 heteroatoms. The van der Waals surface area contributed by atoms with Crippen LogP contribution in [0.1, 0.15) is 12.5 Å². The van der Waals surface area contributed by atoms with Crippen molar-refractivity contribution in [3.63, 3.8) is 0 Å². The summed E-state index contributed by atoms with van der Waals surface area (Å²) in [5.74, 6) is -0.187. The molecule has 0 atom stereocenters. The quantitative estimate of drug-likeness (QED) is 0.691. The Balaban J connectivity index is 2.45. The Kier molecular flexibility index (Phi) is 3.83. The minimum Gasteiger partial charge on any atom is -0.487 e. The van der Waals surface area contributed by atoms with Crippen molar-refractivity contribution in [3.8, 4) is 0 Å². The van der Waals surface area contributed by atoms with Crippen molar-refractivity contribution >= 4 is 17.3 Å². The molecule has 0 fully saturated rings. The fourth-order valence-electron chi connectivity index (χ4n) is 1.01. The lowest BCUT2D eigenvalue weighted by atomic mass is 10.1. The fraction of sp³-hybridized carbons (Fsp3) is 0.300. The molecule has 0 bridgehead atoms. The van der Waals surface area contributed by atoms with Crippen molar-refractivity contribution < 1.29 is 9.13 Å². The second kappa shape index (κ2) is 4.92. The minimum absolute atomic E-state index is 0.187. The predicted molar refractivity (Wildman–Crippen MR) is 54.3 cm³/mol. The number of thiocarbonyl (C=S) groups is 1. The normalized spacial score (nSPS) is 9.69. The SMILES string of the molecule is CC(=S)OCCc1ccccc1F. The van der Waals surface area contributed by atoms with Gasteiger partial charge in [-0.1, -0.05) is 18.2 Å². The molecule has 0 saturated carbocycles. The molecule has 70 valence electrons. The highest BCUT2D eigenvalue weighted by Gasteiger charge is 1.99. The van der Waals surface area contributed by atoms with Gasteiger partial charge < -0.3 is 4.74 Å². The molecule has 1 nitrogen and oxygen atoms in total. The van der Waals surface area contributed by atoms with E-state index in [9.17, 15) is 4.39 Å². The van der Waals surface area contributed by atoms with Gasteiger partial charge in [0.05, 0.1) is 6.61 Å². The molecule has 0 saturated heterocycles. The van der Waals surface area contributed by atoms with E-state index >= 15 is 0 Å². The van der Waals surface area contributed by atoms with E-state index in [1.54, 1.807) is 19.1 Å². The maximum atomic E-state index is 13.0. The second-order valence-corrected chi connectivity index (χ2v) is 3.26. The molecule has 0 radical (unpaired) electrons. The standard InChI is InChI=1S/C10H11FOS/c1-8(13)12-7-6-9-4-2-3-5-10(9)11/h2-5H,6-7H2,1H3. The predicted octanol–water partition coefficient (Wildman–Crippen LogP) is 2.73. The van der Waals surface area contributed by atoms with Crippen LogP contribution in [0.2, 0.25) is 0 Å². The first-order valence-electron chi connectivity index (χ1n) is 4.07. The molecule has 0 amide bonds. The Morgan fingerprint density at radius 3 is 2.77 bits per heavy atom.